The molecule has 2 aromatic heterocycles. The number of hydrogen-bond donors (Lipinski definition) is 1. The fraction of sp³-hybridized carbons (Fsp3) is 0.235. The number of pyridine rings is 1. The van der Waals surface area contributed by atoms with Crippen LogP contribution in [0.1, 0.15) is 5.56 Å². The van der Waals surface area contributed by atoms with Gasteiger partial charge >= 0.3 is 0 Å². The van der Waals surface area contributed by atoms with E-state index in [4.69, 9.17) is 11.6 Å². The molecule has 0 saturated carbocycles. The maximum Gasteiger partial charge on any atom is 0.139 e. The largest absolute Gasteiger partial charge is 0.347 e. The van der Waals surface area contributed by atoms with Crippen molar-refractivity contribution < 1.29 is 0 Å². The van der Waals surface area contributed by atoms with Gasteiger partial charge in [-0.2, -0.15) is 0 Å². The summed E-state index contributed by atoms with van der Waals surface area (Å²) in [7, 11) is -1.53. The maximum absolute atomic E-state index is 6.46. The first-order valence-corrected chi connectivity index (χ1v) is 11.0. The Balaban J connectivity index is 2.40. The van der Waals surface area contributed by atoms with Crippen LogP contribution in [-0.2, 0) is 0 Å². The quantitative estimate of drug-likeness (QED) is 0.680. The molecule has 0 fully saturated rings. The Morgan fingerprint density at radius 3 is 2.33 bits per heavy atom. The number of rotatable bonds is 2. The molecular formula is C17H19ClN2Si. The molecule has 0 radical (unpaired) electrons. The topological polar surface area (TPSA) is 28.7 Å². The highest BCUT2D eigenvalue weighted by atomic mass is 35.5. The summed E-state index contributed by atoms with van der Waals surface area (Å²) in [5, 5.41) is 3.11. The zero-order valence-corrected chi connectivity index (χ0v) is 14.5. The number of aromatic amines is 1. The number of hydrogen-bond acceptors (Lipinski definition) is 1. The molecule has 21 heavy (non-hydrogen) atoms. The van der Waals surface area contributed by atoms with Crippen molar-refractivity contribution in [2.24, 2.45) is 0 Å². The Labute approximate surface area is 131 Å². The molecule has 0 aliphatic heterocycles. The summed E-state index contributed by atoms with van der Waals surface area (Å²) >= 11 is 6.46. The summed E-state index contributed by atoms with van der Waals surface area (Å²) < 4.78 is 0. The van der Waals surface area contributed by atoms with Crippen LogP contribution in [0.2, 0.25) is 24.7 Å². The fourth-order valence-corrected chi connectivity index (χ4v) is 4.40. The fourth-order valence-electron chi connectivity index (χ4n) is 2.65. The van der Waals surface area contributed by atoms with E-state index in [1.54, 1.807) is 6.20 Å². The number of aromatic nitrogens is 2. The number of benzene rings is 1. The molecule has 2 nitrogen and oxygen atoms in total. The van der Waals surface area contributed by atoms with Gasteiger partial charge in [0.25, 0.3) is 0 Å². The highest BCUT2D eigenvalue weighted by Gasteiger charge is 2.26. The molecule has 1 aromatic carbocycles. The van der Waals surface area contributed by atoms with Gasteiger partial charge in [-0.3, -0.25) is 0 Å². The lowest BCUT2D eigenvalue weighted by atomic mass is 10.0. The monoisotopic (exact) mass is 314 g/mol. The number of fused-ring (bicyclic) bond motifs is 1. The molecule has 4 heteroatoms. The normalized spacial score (nSPS) is 12.0. The summed E-state index contributed by atoms with van der Waals surface area (Å²) in [5.41, 5.74) is 4.58. The molecule has 1 N–H and O–H groups in total. The number of H-pyrrole nitrogens is 1. The van der Waals surface area contributed by atoms with Gasteiger partial charge in [0, 0.05) is 22.5 Å². The number of nitrogens with zero attached hydrogens (tertiary/aromatic N) is 1. The third kappa shape index (κ3) is 2.52. The predicted molar refractivity (Wildman–Crippen MR) is 94.3 cm³/mol. The summed E-state index contributed by atoms with van der Waals surface area (Å²) in [4.78, 5) is 7.99. The minimum Gasteiger partial charge on any atom is -0.347 e. The Morgan fingerprint density at radius 1 is 1.05 bits per heavy atom. The van der Waals surface area contributed by atoms with Crippen LogP contribution in [0.4, 0.5) is 0 Å². The molecule has 3 rings (SSSR count). The van der Waals surface area contributed by atoms with E-state index < -0.39 is 8.07 Å². The first-order valence-electron chi connectivity index (χ1n) is 7.11. The van der Waals surface area contributed by atoms with Gasteiger partial charge in [0.15, 0.2) is 0 Å². The van der Waals surface area contributed by atoms with Gasteiger partial charge in [-0.1, -0.05) is 61.1 Å². The van der Waals surface area contributed by atoms with E-state index in [0.717, 1.165) is 16.1 Å². The molecule has 0 spiro atoms. The molecule has 0 unspecified atom stereocenters. The van der Waals surface area contributed by atoms with Crippen LogP contribution in [0.5, 0.6) is 0 Å². The van der Waals surface area contributed by atoms with Gasteiger partial charge in [0.05, 0.1) is 13.1 Å². The molecule has 0 amide bonds. The van der Waals surface area contributed by atoms with Crippen LogP contribution < -0.4 is 5.32 Å². The zero-order valence-electron chi connectivity index (χ0n) is 12.8. The molecular weight excluding hydrogens is 296 g/mol. The van der Waals surface area contributed by atoms with Crippen LogP contribution in [0.25, 0.3) is 22.2 Å². The second-order valence-electron chi connectivity index (χ2n) is 6.51. The van der Waals surface area contributed by atoms with Crippen molar-refractivity contribution in [2.45, 2.75) is 26.6 Å². The van der Waals surface area contributed by atoms with E-state index in [9.17, 15) is 0 Å². The number of nitrogens with one attached hydrogen (secondary N) is 1. The van der Waals surface area contributed by atoms with Gasteiger partial charge in [0.1, 0.15) is 5.65 Å². The Hall–Kier alpha value is -1.58. The SMILES string of the molecule is Cc1ccc(-c2c([Si](C)(C)C)[nH]c3nccc(Cl)c23)cc1. The summed E-state index contributed by atoms with van der Waals surface area (Å²) in [6.45, 7) is 9.11. The highest BCUT2D eigenvalue weighted by Crippen LogP contribution is 2.33. The van der Waals surface area contributed by atoms with E-state index >= 15 is 0 Å². The Morgan fingerprint density at radius 2 is 1.71 bits per heavy atom. The van der Waals surface area contributed by atoms with E-state index in [-0.39, 0.29) is 0 Å². The standard InChI is InChI=1S/C17H19ClN2Si/c1-11-5-7-12(8-6-11)14-15-13(18)9-10-19-16(15)20-17(14)21(2,3)4/h5-10H,1-4H3,(H,19,20). The zero-order chi connectivity index (χ0) is 15.2. The molecule has 0 aliphatic carbocycles. The number of halogens is 1. The lowest BCUT2D eigenvalue weighted by molar-refractivity contribution is 1.34. The van der Waals surface area contributed by atoms with Gasteiger partial charge in [-0.15, -0.1) is 0 Å². The molecule has 0 aliphatic rings. The first kappa shape index (κ1) is 14.4. The molecule has 0 bridgehead atoms. The molecule has 108 valence electrons. The van der Waals surface area contributed by atoms with Crippen molar-refractivity contribution in [3.63, 3.8) is 0 Å². The van der Waals surface area contributed by atoms with Gasteiger partial charge < -0.3 is 4.98 Å². The number of aryl methyl sites for hydroxylation is 1. The van der Waals surface area contributed by atoms with Crippen LogP contribution in [-0.4, -0.2) is 18.0 Å². The maximum atomic E-state index is 6.46. The first-order chi connectivity index (χ1) is 9.88. The average molecular weight is 315 g/mol. The van der Waals surface area contributed by atoms with Crippen LogP contribution >= 0.6 is 11.6 Å². The van der Waals surface area contributed by atoms with Crippen molar-refractivity contribution in [3.05, 3.63) is 47.1 Å². The van der Waals surface area contributed by atoms with E-state index in [0.29, 0.717) is 0 Å². The van der Waals surface area contributed by atoms with Crippen molar-refractivity contribution in [1.29, 1.82) is 0 Å². The van der Waals surface area contributed by atoms with E-state index in [1.807, 2.05) is 6.07 Å². The van der Waals surface area contributed by atoms with Gasteiger partial charge in [-0.25, -0.2) is 4.98 Å². The Bertz CT molecular complexity index is 798. The van der Waals surface area contributed by atoms with Gasteiger partial charge in [-0.05, 0) is 18.6 Å². The predicted octanol–water partition coefficient (Wildman–Crippen LogP) is 4.74. The summed E-state index contributed by atoms with van der Waals surface area (Å²) in [6.07, 6.45) is 1.76. The van der Waals surface area contributed by atoms with Crippen molar-refractivity contribution in [1.82, 2.24) is 9.97 Å². The molecule has 0 atom stereocenters. The minimum atomic E-state index is -1.53. The second kappa shape index (κ2) is 5.00. The molecule has 0 saturated heterocycles. The average Bonchev–Trinajstić information content (AvgIpc) is 2.80. The third-order valence-electron chi connectivity index (χ3n) is 3.73. The summed E-state index contributed by atoms with van der Waals surface area (Å²) in [5.74, 6) is 0. The Kier molecular flexibility index (Phi) is 3.42. The van der Waals surface area contributed by atoms with Crippen molar-refractivity contribution in [3.8, 4) is 11.1 Å². The smallest absolute Gasteiger partial charge is 0.139 e. The van der Waals surface area contributed by atoms with Crippen LogP contribution in [0.15, 0.2) is 36.5 Å². The lowest BCUT2D eigenvalue weighted by Gasteiger charge is -2.17. The second-order valence-corrected chi connectivity index (χ2v) is 11.9. The van der Waals surface area contributed by atoms with Crippen molar-refractivity contribution >= 4 is 36.0 Å². The summed E-state index contributed by atoms with van der Waals surface area (Å²) in [6, 6.07) is 10.5. The lowest BCUT2D eigenvalue weighted by Crippen LogP contribution is -2.39. The van der Waals surface area contributed by atoms with E-state index in [2.05, 4.69) is 60.8 Å². The van der Waals surface area contributed by atoms with Crippen LogP contribution in [0, 0.1) is 6.92 Å². The minimum absolute atomic E-state index is 0.760. The van der Waals surface area contributed by atoms with E-state index in [1.165, 1.54) is 22.0 Å². The van der Waals surface area contributed by atoms with Crippen LogP contribution in [0.3, 0.4) is 0 Å². The molecule has 2 heterocycles. The van der Waals surface area contributed by atoms with Crippen molar-refractivity contribution in [2.75, 3.05) is 0 Å². The third-order valence-corrected chi connectivity index (χ3v) is 5.92. The highest BCUT2D eigenvalue weighted by molar-refractivity contribution is 6.89. The molecule has 3 aromatic rings. The van der Waals surface area contributed by atoms with Gasteiger partial charge in [0.2, 0.25) is 0 Å².